The quantitative estimate of drug-likeness (QED) is 0.864. The third kappa shape index (κ3) is 1.90. The number of nitrogens with one attached hydrogen (secondary N) is 1. The molecule has 90 valence electrons. The molecule has 2 unspecified atom stereocenters. The van der Waals surface area contributed by atoms with Crippen LogP contribution in [0.4, 0.5) is 0 Å². The lowest BCUT2D eigenvalue weighted by Crippen LogP contribution is -2.19. The minimum atomic E-state index is 0.436. The Morgan fingerprint density at radius 1 is 1.41 bits per heavy atom. The summed E-state index contributed by atoms with van der Waals surface area (Å²) in [5, 5.41) is 4.88. The van der Waals surface area contributed by atoms with Crippen LogP contribution in [-0.2, 0) is 5.41 Å². The minimum Gasteiger partial charge on any atom is -0.317 e. The monoisotopic (exact) mass is 245 g/mol. The fourth-order valence-electron chi connectivity index (χ4n) is 2.63. The molecule has 2 aromatic rings. The van der Waals surface area contributed by atoms with Crippen LogP contribution in [0.15, 0.2) is 30.3 Å². The van der Waals surface area contributed by atoms with E-state index in [2.05, 4.69) is 49.5 Å². The van der Waals surface area contributed by atoms with Crippen molar-refractivity contribution in [1.29, 1.82) is 0 Å². The topological polar surface area (TPSA) is 12.0 Å². The Labute approximate surface area is 107 Å². The second kappa shape index (κ2) is 4.11. The van der Waals surface area contributed by atoms with E-state index in [4.69, 9.17) is 0 Å². The first kappa shape index (κ1) is 11.2. The Bertz CT molecular complexity index is 497. The molecular weight excluding hydrogens is 226 g/mol. The summed E-state index contributed by atoms with van der Waals surface area (Å²) in [6.07, 6.45) is 1.34. The van der Waals surface area contributed by atoms with E-state index in [0.29, 0.717) is 5.41 Å². The summed E-state index contributed by atoms with van der Waals surface area (Å²) >= 11 is 1.98. The lowest BCUT2D eigenvalue weighted by atomic mass is 10.0. The third-order valence-electron chi connectivity index (χ3n) is 4.04. The van der Waals surface area contributed by atoms with Gasteiger partial charge in [-0.3, -0.25) is 0 Å². The van der Waals surface area contributed by atoms with Crippen molar-refractivity contribution in [1.82, 2.24) is 5.32 Å². The molecule has 1 saturated carbocycles. The number of fused-ring (bicyclic) bond motifs is 1. The van der Waals surface area contributed by atoms with Crippen LogP contribution >= 0.6 is 11.3 Å². The van der Waals surface area contributed by atoms with Gasteiger partial charge >= 0.3 is 0 Å². The number of thiophene rings is 1. The molecule has 3 rings (SSSR count). The maximum Gasteiger partial charge on any atom is 0.0345 e. The first-order valence-electron chi connectivity index (χ1n) is 6.44. The second-order valence-electron chi connectivity index (χ2n) is 5.27. The molecule has 1 aliphatic carbocycles. The number of hydrogen-bond acceptors (Lipinski definition) is 2. The molecule has 0 aliphatic heterocycles. The molecule has 1 heterocycles. The molecule has 1 aromatic carbocycles. The summed E-state index contributed by atoms with van der Waals surface area (Å²) in [6, 6.07) is 11.1. The Kier molecular flexibility index (Phi) is 2.72. The van der Waals surface area contributed by atoms with Crippen molar-refractivity contribution in [2.24, 2.45) is 5.92 Å². The van der Waals surface area contributed by atoms with Crippen LogP contribution in [-0.4, -0.2) is 13.1 Å². The zero-order valence-corrected chi connectivity index (χ0v) is 11.3. The molecular formula is C15H19NS. The maximum absolute atomic E-state index is 3.47. The van der Waals surface area contributed by atoms with Crippen molar-refractivity contribution in [3.63, 3.8) is 0 Å². The molecule has 1 N–H and O–H groups in total. The van der Waals surface area contributed by atoms with Crippen LogP contribution in [0.3, 0.4) is 0 Å². The Balaban J connectivity index is 1.85. The Morgan fingerprint density at radius 2 is 2.24 bits per heavy atom. The molecule has 1 nitrogen and oxygen atoms in total. The zero-order valence-electron chi connectivity index (χ0n) is 10.5. The standard InChI is InChI=1S/C15H19NS/c1-3-16-10-12-9-15(12,2)14-8-11-6-4-5-7-13(11)17-14/h4-8,12,16H,3,9-10H2,1-2H3. The van der Waals surface area contributed by atoms with E-state index < -0.39 is 0 Å². The van der Waals surface area contributed by atoms with Crippen LogP contribution in [0, 0.1) is 5.92 Å². The lowest BCUT2D eigenvalue weighted by Gasteiger charge is -2.08. The Morgan fingerprint density at radius 3 is 3.00 bits per heavy atom. The third-order valence-corrected chi connectivity index (χ3v) is 5.44. The van der Waals surface area contributed by atoms with Gasteiger partial charge in [-0.15, -0.1) is 11.3 Å². The van der Waals surface area contributed by atoms with Gasteiger partial charge in [0.1, 0.15) is 0 Å². The van der Waals surface area contributed by atoms with E-state index >= 15 is 0 Å². The molecule has 1 aromatic heterocycles. The average molecular weight is 245 g/mol. The predicted octanol–water partition coefficient (Wildman–Crippen LogP) is 3.79. The SMILES string of the molecule is CCNCC1CC1(C)c1cc2ccccc2s1. The molecule has 0 bridgehead atoms. The van der Waals surface area contributed by atoms with Gasteiger partial charge in [-0.2, -0.15) is 0 Å². The minimum absolute atomic E-state index is 0.436. The molecule has 1 aliphatic rings. The van der Waals surface area contributed by atoms with E-state index in [9.17, 15) is 0 Å². The summed E-state index contributed by atoms with van der Waals surface area (Å²) in [5.74, 6) is 0.829. The van der Waals surface area contributed by atoms with Crippen molar-refractivity contribution in [3.8, 4) is 0 Å². The summed E-state index contributed by atoms with van der Waals surface area (Å²) in [6.45, 7) is 6.85. The average Bonchev–Trinajstić information content (AvgIpc) is 2.83. The van der Waals surface area contributed by atoms with Gasteiger partial charge in [-0.25, -0.2) is 0 Å². The van der Waals surface area contributed by atoms with Crippen LogP contribution in [0.2, 0.25) is 0 Å². The highest BCUT2D eigenvalue weighted by Crippen LogP contribution is 2.56. The van der Waals surface area contributed by atoms with E-state index in [1.165, 1.54) is 23.1 Å². The summed E-state index contributed by atoms with van der Waals surface area (Å²) in [5.41, 5.74) is 0.436. The van der Waals surface area contributed by atoms with Gasteiger partial charge in [0.05, 0.1) is 0 Å². The van der Waals surface area contributed by atoms with E-state index in [0.717, 1.165) is 12.5 Å². The van der Waals surface area contributed by atoms with E-state index in [1.807, 2.05) is 11.3 Å². The highest BCUT2D eigenvalue weighted by molar-refractivity contribution is 7.19. The first-order valence-corrected chi connectivity index (χ1v) is 7.25. The normalized spacial score (nSPS) is 27.5. The van der Waals surface area contributed by atoms with E-state index in [-0.39, 0.29) is 0 Å². The van der Waals surface area contributed by atoms with Gasteiger partial charge in [0.15, 0.2) is 0 Å². The molecule has 0 radical (unpaired) electrons. The highest BCUT2D eigenvalue weighted by atomic mass is 32.1. The fraction of sp³-hybridized carbons (Fsp3) is 0.467. The van der Waals surface area contributed by atoms with Crippen molar-refractivity contribution >= 4 is 21.4 Å². The Hall–Kier alpha value is -0.860. The smallest absolute Gasteiger partial charge is 0.0345 e. The van der Waals surface area contributed by atoms with Crippen LogP contribution in [0.1, 0.15) is 25.1 Å². The van der Waals surface area contributed by atoms with Crippen molar-refractivity contribution < 1.29 is 0 Å². The van der Waals surface area contributed by atoms with Gasteiger partial charge in [0.25, 0.3) is 0 Å². The molecule has 2 heteroatoms. The van der Waals surface area contributed by atoms with E-state index in [1.54, 1.807) is 4.88 Å². The van der Waals surface area contributed by atoms with Gasteiger partial charge in [0, 0.05) is 15.0 Å². The number of benzene rings is 1. The van der Waals surface area contributed by atoms with Gasteiger partial charge < -0.3 is 5.32 Å². The van der Waals surface area contributed by atoms with Gasteiger partial charge in [-0.05, 0) is 42.9 Å². The number of hydrogen-bond donors (Lipinski definition) is 1. The summed E-state index contributed by atoms with van der Waals surface area (Å²) in [4.78, 5) is 1.57. The first-order chi connectivity index (χ1) is 8.24. The molecule has 17 heavy (non-hydrogen) atoms. The van der Waals surface area contributed by atoms with Gasteiger partial charge in [0.2, 0.25) is 0 Å². The second-order valence-corrected chi connectivity index (χ2v) is 6.36. The number of rotatable bonds is 4. The summed E-state index contributed by atoms with van der Waals surface area (Å²) < 4.78 is 1.43. The fourth-order valence-corrected chi connectivity index (χ4v) is 3.93. The van der Waals surface area contributed by atoms with Crippen LogP contribution in [0.5, 0.6) is 0 Å². The highest BCUT2D eigenvalue weighted by Gasteiger charge is 2.51. The molecule has 0 spiro atoms. The predicted molar refractivity (Wildman–Crippen MR) is 75.8 cm³/mol. The molecule has 0 saturated heterocycles. The molecule has 2 atom stereocenters. The van der Waals surface area contributed by atoms with Crippen molar-refractivity contribution in [3.05, 3.63) is 35.2 Å². The summed E-state index contributed by atoms with van der Waals surface area (Å²) in [7, 11) is 0. The van der Waals surface area contributed by atoms with Crippen LogP contribution in [0.25, 0.3) is 10.1 Å². The van der Waals surface area contributed by atoms with Crippen molar-refractivity contribution in [2.45, 2.75) is 25.7 Å². The van der Waals surface area contributed by atoms with Crippen molar-refractivity contribution in [2.75, 3.05) is 13.1 Å². The maximum atomic E-state index is 3.47. The lowest BCUT2D eigenvalue weighted by molar-refractivity contribution is 0.597. The van der Waals surface area contributed by atoms with Crippen LogP contribution < -0.4 is 5.32 Å². The molecule has 1 fully saturated rings. The zero-order chi connectivity index (χ0) is 11.9. The largest absolute Gasteiger partial charge is 0.317 e. The molecule has 0 amide bonds. The van der Waals surface area contributed by atoms with Gasteiger partial charge in [-0.1, -0.05) is 32.0 Å².